The van der Waals surface area contributed by atoms with Gasteiger partial charge in [0.15, 0.2) is 5.69 Å². The molecule has 2 rings (SSSR count). The standard InChI is InChI=1S/C12H18N2O2/c1-8(2)11-5-4-6-14(11)12(15)10-7-9(3)16-13-10/h7-8,11H,4-6H2,1-3H3. The third kappa shape index (κ3) is 1.96. The largest absolute Gasteiger partial charge is 0.361 e. The molecule has 1 saturated heterocycles. The fourth-order valence-electron chi connectivity index (χ4n) is 2.35. The van der Waals surface area contributed by atoms with Gasteiger partial charge in [-0.05, 0) is 25.7 Å². The summed E-state index contributed by atoms with van der Waals surface area (Å²) in [6, 6.07) is 2.06. The molecule has 1 aromatic heterocycles. The van der Waals surface area contributed by atoms with Crippen molar-refractivity contribution in [1.82, 2.24) is 10.1 Å². The minimum Gasteiger partial charge on any atom is -0.361 e. The molecular weight excluding hydrogens is 204 g/mol. The molecule has 1 aliphatic heterocycles. The van der Waals surface area contributed by atoms with Crippen LogP contribution in [0.15, 0.2) is 10.6 Å². The van der Waals surface area contributed by atoms with Crippen molar-refractivity contribution in [2.24, 2.45) is 5.92 Å². The highest BCUT2D eigenvalue weighted by Gasteiger charge is 2.32. The van der Waals surface area contributed by atoms with E-state index in [9.17, 15) is 4.79 Å². The van der Waals surface area contributed by atoms with Crippen LogP contribution in [0.4, 0.5) is 0 Å². The Bertz CT molecular complexity index is 384. The van der Waals surface area contributed by atoms with Crippen molar-refractivity contribution < 1.29 is 9.32 Å². The Kier molecular flexibility index (Phi) is 2.99. The SMILES string of the molecule is Cc1cc(C(=O)N2CCCC2C(C)C)no1. The quantitative estimate of drug-likeness (QED) is 0.771. The Morgan fingerprint density at radius 2 is 2.38 bits per heavy atom. The molecule has 1 amide bonds. The first kappa shape index (κ1) is 11.2. The maximum atomic E-state index is 12.2. The van der Waals surface area contributed by atoms with Gasteiger partial charge in [0.1, 0.15) is 5.76 Å². The third-order valence-electron chi connectivity index (χ3n) is 3.18. The second-order valence-corrected chi connectivity index (χ2v) is 4.77. The van der Waals surface area contributed by atoms with Crippen molar-refractivity contribution in [3.63, 3.8) is 0 Å². The number of amides is 1. The zero-order valence-corrected chi connectivity index (χ0v) is 10.1. The summed E-state index contributed by atoms with van der Waals surface area (Å²) in [6.45, 7) is 6.95. The van der Waals surface area contributed by atoms with E-state index in [-0.39, 0.29) is 5.91 Å². The average molecular weight is 222 g/mol. The Labute approximate surface area is 95.6 Å². The normalized spacial score (nSPS) is 20.8. The van der Waals surface area contributed by atoms with Crippen LogP contribution >= 0.6 is 0 Å². The van der Waals surface area contributed by atoms with Crippen LogP contribution in [0.3, 0.4) is 0 Å². The molecule has 0 aromatic carbocycles. The fourth-order valence-corrected chi connectivity index (χ4v) is 2.35. The van der Waals surface area contributed by atoms with Crippen molar-refractivity contribution >= 4 is 5.91 Å². The van der Waals surface area contributed by atoms with E-state index in [0.717, 1.165) is 19.4 Å². The van der Waals surface area contributed by atoms with Crippen molar-refractivity contribution in [3.05, 3.63) is 17.5 Å². The maximum Gasteiger partial charge on any atom is 0.276 e. The van der Waals surface area contributed by atoms with Crippen LogP contribution in [0.2, 0.25) is 0 Å². The molecule has 0 spiro atoms. The lowest BCUT2D eigenvalue weighted by Gasteiger charge is -2.26. The molecule has 4 heteroatoms. The van der Waals surface area contributed by atoms with Crippen LogP contribution in [-0.4, -0.2) is 28.6 Å². The molecule has 1 atom stereocenters. The summed E-state index contributed by atoms with van der Waals surface area (Å²) in [5, 5.41) is 3.79. The smallest absolute Gasteiger partial charge is 0.276 e. The van der Waals surface area contributed by atoms with E-state index in [4.69, 9.17) is 4.52 Å². The lowest BCUT2D eigenvalue weighted by atomic mass is 10.0. The molecule has 4 nitrogen and oxygen atoms in total. The van der Waals surface area contributed by atoms with Gasteiger partial charge in [0.25, 0.3) is 5.91 Å². The summed E-state index contributed by atoms with van der Waals surface area (Å²) in [5.41, 5.74) is 0.435. The second-order valence-electron chi connectivity index (χ2n) is 4.77. The van der Waals surface area contributed by atoms with E-state index in [2.05, 4.69) is 19.0 Å². The molecule has 1 unspecified atom stereocenters. The molecule has 0 bridgehead atoms. The van der Waals surface area contributed by atoms with Crippen LogP contribution in [0.1, 0.15) is 42.9 Å². The van der Waals surface area contributed by atoms with Crippen molar-refractivity contribution in [2.75, 3.05) is 6.54 Å². The zero-order valence-electron chi connectivity index (χ0n) is 10.1. The number of hydrogen-bond donors (Lipinski definition) is 0. The molecule has 1 aliphatic rings. The highest BCUT2D eigenvalue weighted by atomic mass is 16.5. The first-order chi connectivity index (χ1) is 7.59. The van der Waals surface area contributed by atoms with Crippen molar-refractivity contribution in [1.29, 1.82) is 0 Å². The van der Waals surface area contributed by atoms with Gasteiger partial charge in [-0.3, -0.25) is 4.79 Å². The summed E-state index contributed by atoms with van der Waals surface area (Å²) in [6.07, 6.45) is 2.19. The van der Waals surface area contributed by atoms with Gasteiger partial charge in [-0.1, -0.05) is 19.0 Å². The van der Waals surface area contributed by atoms with Gasteiger partial charge in [-0.25, -0.2) is 0 Å². The van der Waals surface area contributed by atoms with Gasteiger partial charge >= 0.3 is 0 Å². The van der Waals surface area contributed by atoms with E-state index in [1.807, 2.05) is 4.90 Å². The van der Waals surface area contributed by atoms with E-state index in [1.54, 1.807) is 13.0 Å². The average Bonchev–Trinajstić information content (AvgIpc) is 2.84. The number of rotatable bonds is 2. The fraction of sp³-hybridized carbons (Fsp3) is 0.667. The summed E-state index contributed by atoms with van der Waals surface area (Å²) < 4.78 is 4.94. The molecule has 88 valence electrons. The summed E-state index contributed by atoms with van der Waals surface area (Å²) in [4.78, 5) is 14.1. The molecular formula is C12H18N2O2. The van der Waals surface area contributed by atoms with Gasteiger partial charge in [-0.15, -0.1) is 0 Å². The number of carbonyl (C=O) groups is 1. The first-order valence-electron chi connectivity index (χ1n) is 5.84. The monoisotopic (exact) mass is 222 g/mol. The van der Waals surface area contributed by atoms with Gasteiger partial charge in [0.05, 0.1) is 0 Å². The first-order valence-corrected chi connectivity index (χ1v) is 5.84. The minimum absolute atomic E-state index is 0.00745. The Morgan fingerprint density at radius 1 is 1.62 bits per heavy atom. The molecule has 0 aliphatic carbocycles. The van der Waals surface area contributed by atoms with Crippen LogP contribution in [0, 0.1) is 12.8 Å². The van der Waals surface area contributed by atoms with Crippen LogP contribution in [0.5, 0.6) is 0 Å². The highest BCUT2D eigenvalue weighted by molar-refractivity contribution is 5.92. The van der Waals surface area contributed by atoms with Gasteiger partial charge in [0, 0.05) is 18.7 Å². The van der Waals surface area contributed by atoms with E-state index < -0.39 is 0 Å². The van der Waals surface area contributed by atoms with Crippen molar-refractivity contribution in [2.45, 2.75) is 39.7 Å². The third-order valence-corrected chi connectivity index (χ3v) is 3.18. The predicted octanol–water partition coefficient (Wildman–Crippen LogP) is 2.24. The van der Waals surface area contributed by atoms with Crippen molar-refractivity contribution in [3.8, 4) is 0 Å². The van der Waals surface area contributed by atoms with Crippen LogP contribution < -0.4 is 0 Å². The molecule has 0 N–H and O–H groups in total. The number of likely N-dealkylation sites (tertiary alicyclic amines) is 1. The predicted molar refractivity (Wildman–Crippen MR) is 60.1 cm³/mol. The molecule has 2 heterocycles. The lowest BCUT2D eigenvalue weighted by molar-refractivity contribution is 0.0691. The summed E-state index contributed by atoms with van der Waals surface area (Å²) in [7, 11) is 0. The number of nitrogens with zero attached hydrogens (tertiary/aromatic N) is 2. The molecule has 1 fully saturated rings. The summed E-state index contributed by atoms with van der Waals surface area (Å²) >= 11 is 0. The Morgan fingerprint density at radius 3 is 2.94 bits per heavy atom. The molecule has 1 aromatic rings. The Hall–Kier alpha value is -1.32. The lowest BCUT2D eigenvalue weighted by Crippen LogP contribution is -2.38. The van der Waals surface area contributed by atoms with Crippen LogP contribution in [-0.2, 0) is 0 Å². The molecule has 0 radical (unpaired) electrons. The number of hydrogen-bond acceptors (Lipinski definition) is 3. The molecule has 16 heavy (non-hydrogen) atoms. The number of aromatic nitrogens is 1. The summed E-state index contributed by atoms with van der Waals surface area (Å²) in [5.74, 6) is 1.19. The number of aryl methyl sites for hydroxylation is 1. The maximum absolute atomic E-state index is 12.2. The molecule has 0 saturated carbocycles. The second kappa shape index (κ2) is 4.28. The zero-order chi connectivity index (χ0) is 11.7. The van der Waals surface area contributed by atoms with E-state index in [1.165, 1.54) is 0 Å². The Balaban J connectivity index is 2.15. The number of carbonyl (C=O) groups excluding carboxylic acids is 1. The topological polar surface area (TPSA) is 46.3 Å². The van der Waals surface area contributed by atoms with E-state index in [0.29, 0.717) is 23.4 Å². The van der Waals surface area contributed by atoms with E-state index >= 15 is 0 Å². The van der Waals surface area contributed by atoms with Gasteiger partial charge < -0.3 is 9.42 Å². The minimum atomic E-state index is 0.00745. The highest BCUT2D eigenvalue weighted by Crippen LogP contribution is 2.25. The van der Waals surface area contributed by atoms with Crippen LogP contribution in [0.25, 0.3) is 0 Å². The van der Waals surface area contributed by atoms with Gasteiger partial charge in [-0.2, -0.15) is 0 Å². The van der Waals surface area contributed by atoms with Gasteiger partial charge in [0.2, 0.25) is 0 Å².